The molecule has 60 valence electrons. The first-order valence-corrected chi connectivity index (χ1v) is 4.49. The molecule has 0 N–H and O–H groups in total. The zero-order valence-electron chi connectivity index (χ0n) is 6.69. The second kappa shape index (κ2) is 3.03. The van der Waals surface area contributed by atoms with Crippen LogP contribution in [0, 0.1) is 0 Å². The number of para-hydroxylation sites is 1. The average Bonchev–Trinajstić information content (AvgIpc) is 2.47. The molecular weight excluding hydrogens is 168 g/mol. The molecular formula is C9H8N2S. The lowest BCUT2D eigenvalue weighted by Gasteiger charge is -1.80. The molecule has 0 aliphatic rings. The Morgan fingerprint density at radius 2 is 2.25 bits per heavy atom. The van der Waals surface area contributed by atoms with Crippen LogP contribution in [0.3, 0.4) is 0 Å². The van der Waals surface area contributed by atoms with E-state index in [1.165, 1.54) is 4.70 Å². The highest BCUT2D eigenvalue weighted by Gasteiger charge is 1.98. The highest BCUT2D eigenvalue weighted by atomic mass is 32.1. The summed E-state index contributed by atoms with van der Waals surface area (Å²) in [6.07, 6.45) is 1.78. The summed E-state index contributed by atoms with van der Waals surface area (Å²) >= 11 is 1.66. The number of fused-ring (bicyclic) bond motifs is 1. The van der Waals surface area contributed by atoms with Gasteiger partial charge in [0.05, 0.1) is 16.4 Å². The van der Waals surface area contributed by atoms with Crippen molar-refractivity contribution in [2.24, 2.45) is 4.99 Å². The van der Waals surface area contributed by atoms with E-state index < -0.39 is 0 Å². The Balaban J connectivity index is 2.62. The Morgan fingerprint density at radius 1 is 1.42 bits per heavy atom. The number of aromatic nitrogens is 1. The number of thiazole rings is 1. The van der Waals surface area contributed by atoms with Crippen LogP contribution < -0.4 is 0 Å². The predicted octanol–water partition coefficient (Wildman–Crippen LogP) is 2.35. The summed E-state index contributed by atoms with van der Waals surface area (Å²) in [6.45, 7) is 0. The predicted molar refractivity (Wildman–Crippen MR) is 53.1 cm³/mol. The van der Waals surface area contributed by atoms with Crippen LogP contribution in [0.1, 0.15) is 5.01 Å². The Kier molecular flexibility index (Phi) is 1.87. The van der Waals surface area contributed by atoms with Crippen molar-refractivity contribution in [1.82, 2.24) is 4.98 Å². The molecule has 0 aliphatic heterocycles. The summed E-state index contributed by atoms with van der Waals surface area (Å²) in [5.74, 6) is 0. The molecule has 0 amide bonds. The zero-order valence-corrected chi connectivity index (χ0v) is 7.51. The number of benzene rings is 1. The van der Waals surface area contributed by atoms with Gasteiger partial charge in [-0.25, -0.2) is 4.98 Å². The van der Waals surface area contributed by atoms with Crippen LogP contribution in [0.5, 0.6) is 0 Å². The molecule has 0 spiro atoms. The topological polar surface area (TPSA) is 25.2 Å². The van der Waals surface area contributed by atoms with E-state index in [4.69, 9.17) is 0 Å². The van der Waals surface area contributed by atoms with E-state index >= 15 is 0 Å². The lowest BCUT2D eigenvalue weighted by Crippen LogP contribution is -1.75. The van der Waals surface area contributed by atoms with Crippen LogP contribution in [0.15, 0.2) is 29.3 Å². The van der Waals surface area contributed by atoms with Crippen LogP contribution in [0.25, 0.3) is 10.2 Å². The van der Waals surface area contributed by atoms with Gasteiger partial charge < -0.3 is 0 Å². The van der Waals surface area contributed by atoms with Gasteiger partial charge in [0.1, 0.15) is 5.01 Å². The van der Waals surface area contributed by atoms with E-state index in [-0.39, 0.29) is 0 Å². The van der Waals surface area contributed by atoms with E-state index in [1.54, 1.807) is 24.6 Å². The van der Waals surface area contributed by atoms with Crippen molar-refractivity contribution in [3.8, 4) is 0 Å². The van der Waals surface area contributed by atoms with Crippen molar-refractivity contribution < 1.29 is 0 Å². The summed E-state index contributed by atoms with van der Waals surface area (Å²) in [5, 5.41) is 0.971. The summed E-state index contributed by atoms with van der Waals surface area (Å²) in [6, 6.07) is 8.10. The molecule has 0 atom stereocenters. The molecule has 0 aliphatic carbocycles. The average molecular weight is 176 g/mol. The van der Waals surface area contributed by atoms with Gasteiger partial charge in [0, 0.05) is 7.05 Å². The van der Waals surface area contributed by atoms with Crippen LogP contribution in [0.2, 0.25) is 0 Å². The van der Waals surface area contributed by atoms with Gasteiger partial charge in [-0.1, -0.05) is 12.1 Å². The highest BCUT2D eigenvalue weighted by Crippen LogP contribution is 2.19. The zero-order chi connectivity index (χ0) is 8.39. The number of nitrogens with zero attached hydrogens (tertiary/aromatic N) is 2. The number of rotatable bonds is 1. The minimum atomic E-state index is 0.971. The quantitative estimate of drug-likeness (QED) is 0.612. The third-order valence-corrected chi connectivity index (χ3v) is 2.52. The maximum atomic E-state index is 4.37. The van der Waals surface area contributed by atoms with E-state index in [0.717, 1.165) is 10.5 Å². The van der Waals surface area contributed by atoms with Gasteiger partial charge in [-0.15, -0.1) is 11.3 Å². The molecule has 12 heavy (non-hydrogen) atoms. The Hall–Kier alpha value is -1.22. The molecule has 0 saturated heterocycles. The molecule has 1 heterocycles. The maximum absolute atomic E-state index is 4.37. The van der Waals surface area contributed by atoms with Crippen molar-refractivity contribution in [3.05, 3.63) is 29.3 Å². The first-order chi connectivity index (χ1) is 5.90. The third kappa shape index (κ3) is 1.23. The highest BCUT2D eigenvalue weighted by molar-refractivity contribution is 7.20. The smallest absolute Gasteiger partial charge is 0.135 e. The van der Waals surface area contributed by atoms with Gasteiger partial charge in [-0.2, -0.15) is 0 Å². The fourth-order valence-electron chi connectivity index (χ4n) is 1.06. The molecule has 0 saturated carbocycles. The van der Waals surface area contributed by atoms with Gasteiger partial charge in [-0.3, -0.25) is 4.99 Å². The summed E-state index contributed by atoms with van der Waals surface area (Å²) < 4.78 is 1.22. The van der Waals surface area contributed by atoms with Crippen molar-refractivity contribution in [3.63, 3.8) is 0 Å². The molecule has 2 rings (SSSR count). The standard InChI is InChI=1S/C9H8N2S/c1-10-6-9-11-7-4-2-3-5-8(7)12-9/h2-6H,1H3. The molecule has 1 aromatic carbocycles. The fraction of sp³-hybridized carbons (Fsp3) is 0.111. The first-order valence-electron chi connectivity index (χ1n) is 3.68. The normalized spacial score (nSPS) is 11.4. The third-order valence-electron chi connectivity index (χ3n) is 1.55. The van der Waals surface area contributed by atoms with Crippen molar-refractivity contribution >= 4 is 27.8 Å². The van der Waals surface area contributed by atoms with Crippen molar-refractivity contribution in [1.29, 1.82) is 0 Å². The van der Waals surface area contributed by atoms with E-state index in [2.05, 4.69) is 16.0 Å². The molecule has 2 nitrogen and oxygen atoms in total. The molecule has 0 unspecified atom stereocenters. The monoisotopic (exact) mass is 176 g/mol. The second-order valence-electron chi connectivity index (χ2n) is 2.41. The SMILES string of the molecule is CN=Cc1nc2ccccc2s1. The van der Waals surface area contributed by atoms with Crippen LogP contribution in [0.4, 0.5) is 0 Å². The molecule has 0 radical (unpaired) electrons. The minimum Gasteiger partial charge on any atom is -0.293 e. The van der Waals surface area contributed by atoms with Gasteiger partial charge in [0.15, 0.2) is 0 Å². The summed E-state index contributed by atoms with van der Waals surface area (Å²) in [7, 11) is 1.76. The molecule has 2 aromatic rings. The minimum absolute atomic E-state index is 0.971. The lowest BCUT2D eigenvalue weighted by molar-refractivity contribution is 1.42. The van der Waals surface area contributed by atoms with E-state index in [0.29, 0.717) is 0 Å². The van der Waals surface area contributed by atoms with Crippen molar-refractivity contribution in [2.75, 3.05) is 7.05 Å². The Labute approximate surface area is 74.6 Å². The van der Waals surface area contributed by atoms with Crippen LogP contribution in [-0.2, 0) is 0 Å². The first kappa shape index (κ1) is 7.43. The number of hydrogen-bond acceptors (Lipinski definition) is 3. The number of hydrogen-bond donors (Lipinski definition) is 0. The molecule has 0 fully saturated rings. The largest absolute Gasteiger partial charge is 0.293 e. The van der Waals surface area contributed by atoms with Gasteiger partial charge in [0.2, 0.25) is 0 Å². The Bertz CT molecular complexity index is 384. The Morgan fingerprint density at radius 3 is 3.00 bits per heavy atom. The second-order valence-corrected chi connectivity index (χ2v) is 3.47. The summed E-state index contributed by atoms with van der Waals surface area (Å²) in [5.41, 5.74) is 1.05. The van der Waals surface area contributed by atoms with Crippen LogP contribution >= 0.6 is 11.3 Å². The van der Waals surface area contributed by atoms with Crippen LogP contribution in [-0.4, -0.2) is 18.2 Å². The fourth-order valence-corrected chi connectivity index (χ4v) is 1.95. The van der Waals surface area contributed by atoms with Gasteiger partial charge in [-0.05, 0) is 12.1 Å². The van der Waals surface area contributed by atoms with Gasteiger partial charge >= 0.3 is 0 Å². The summed E-state index contributed by atoms with van der Waals surface area (Å²) in [4.78, 5) is 8.30. The molecule has 0 bridgehead atoms. The van der Waals surface area contributed by atoms with Crippen molar-refractivity contribution in [2.45, 2.75) is 0 Å². The lowest BCUT2D eigenvalue weighted by atomic mass is 10.3. The maximum Gasteiger partial charge on any atom is 0.135 e. The molecule has 1 aromatic heterocycles. The number of aliphatic imine (C=N–C) groups is 1. The van der Waals surface area contributed by atoms with E-state index in [1.807, 2.05) is 18.2 Å². The van der Waals surface area contributed by atoms with Gasteiger partial charge in [0.25, 0.3) is 0 Å². The molecule has 3 heteroatoms. The van der Waals surface area contributed by atoms with E-state index in [9.17, 15) is 0 Å².